The lowest BCUT2D eigenvalue weighted by Gasteiger charge is -1.99. The molecule has 1 rings (SSSR count). The predicted octanol–water partition coefficient (Wildman–Crippen LogP) is 2.83. The van der Waals surface area contributed by atoms with Gasteiger partial charge in [0.15, 0.2) is 0 Å². The molecule has 0 fully saturated rings. The van der Waals surface area contributed by atoms with E-state index < -0.39 is 0 Å². The average molecular weight is 209 g/mol. The van der Waals surface area contributed by atoms with E-state index in [0.29, 0.717) is 9.72 Å². The number of aromatic nitrogens is 2. The second-order valence-corrected chi connectivity index (χ2v) is 5.52. The average Bonchev–Trinajstić information content (AvgIpc) is 2.31. The maximum Gasteiger partial charge on any atom is 0.207 e. The van der Waals surface area contributed by atoms with Gasteiger partial charge in [0.1, 0.15) is 5.01 Å². The SMILES string of the molecule is CC(C)SCc1nnc(Cl)s1. The van der Waals surface area contributed by atoms with E-state index in [1.807, 2.05) is 11.8 Å². The van der Waals surface area contributed by atoms with Crippen molar-refractivity contribution in [3.05, 3.63) is 9.47 Å². The fraction of sp³-hybridized carbons (Fsp3) is 0.667. The summed E-state index contributed by atoms with van der Waals surface area (Å²) in [6.45, 7) is 4.32. The molecule has 1 aromatic rings. The van der Waals surface area contributed by atoms with E-state index in [-0.39, 0.29) is 0 Å². The van der Waals surface area contributed by atoms with Crippen LogP contribution in [0.5, 0.6) is 0 Å². The summed E-state index contributed by atoms with van der Waals surface area (Å²) >= 11 is 8.91. The van der Waals surface area contributed by atoms with E-state index in [0.717, 1.165) is 10.8 Å². The molecule has 62 valence electrons. The number of thioether (sulfide) groups is 1. The molecule has 0 saturated carbocycles. The number of nitrogens with zero attached hydrogens (tertiary/aromatic N) is 2. The lowest BCUT2D eigenvalue weighted by molar-refractivity contribution is 1.03. The summed E-state index contributed by atoms with van der Waals surface area (Å²) in [6.07, 6.45) is 0. The molecular weight excluding hydrogens is 200 g/mol. The number of rotatable bonds is 3. The summed E-state index contributed by atoms with van der Waals surface area (Å²) < 4.78 is 0.532. The Labute approximate surface area is 79.4 Å². The topological polar surface area (TPSA) is 25.8 Å². The Bertz CT molecular complexity index is 224. The van der Waals surface area contributed by atoms with Crippen molar-refractivity contribution in [3.8, 4) is 0 Å². The number of halogens is 1. The molecule has 0 bridgehead atoms. The summed E-state index contributed by atoms with van der Waals surface area (Å²) in [5.74, 6) is 0.919. The highest BCUT2D eigenvalue weighted by Crippen LogP contribution is 2.21. The second kappa shape index (κ2) is 4.28. The van der Waals surface area contributed by atoms with Crippen LogP contribution in [0.2, 0.25) is 4.47 Å². The first kappa shape index (κ1) is 9.29. The summed E-state index contributed by atoms with van der Waals surface area (Å²) in [5.41, 5.74) is 0. The standard InChI is InChI=1S/C6H9ClN2S2/c1-4(2)10-3-5-8-9-6(7)11-5/h4H,3H2,1-2H3. The molecular formula is C6H9ClN2S2. The minimum atomic E-state index is 0.532. The first-order chi connectivity index (χ1) is 5.18. The smallest absolute Gasteiger partial charge is 0.152 e. The molecule has 1 heterocycles. The van der Waals surface area contributed by atoms with Gasteiger partial charge in [0.2, 0.25) is 4.47 Å². The third-order valence-corrected chi connectivity index (χ3v) is 3.29. The summed E-state index contributed by atoms with van der Waals surface area (Å²) in [6, 6.07) is 0. The first-order valence-electron chi connectivity index (χ1n) is 3.28. The van der Waals surface area contributed by atoms with Crippen LogP contribution in [0.4, 0.5) is 0 Å². The summed E-state index contributed by atoms with van der Waals surface area (Å²) in [7, 11) is 0. The van der Waals surface area contributed by atoms with E-state index in [1.54, 1.807) is 0 Å². The molecule has 0 amide bonds. The zero-order chi connectivity index (χ0) is 8.27. The van der Waals surface area contributed by atoms with Crippen LogP contribution >= 0.6 is 34.7 Å². The van der Waals surface area contributed by atoms with Gasteiger partial charge in [-0.3, -0.25) is 0 Å². The second-order valence-electron chi connectivity index (χ2n) is 2.31. The van der Waals surface area contributed by atoms with Crippen molar-refractivity contribution < 1.29 is 0 Å². The lowest BCUT2D eigenvalue weighted by Crippen LogP contribution is -1.87. The van der Waals surface area contributed by atoms with Crippen LogP contribution in [-0.4, -0.2) is 15.4 Å². The van der Waals surface area contributed by atoms with Gasteiger partial charge >= 0.3 is 0 Å². The Morgan fingerprint density at radius 2 is 2.27 bits per heavy atom. The Balaban J connectivity index is 2.39. The zero-order valence-electron chi connectivity index (χ0n) is 6.37. The van der Waals surface area contributed by atoms with Crippen molar-refractivity contribution in [2.24, 2.45) is 0 Å². The van der Waals surface area contributed by atoms with Crippen LogP contribution in [0.25, 0.3) is 0 Å². The van der Waals surface area contributed by atoms with Crippen molar-refractivity contribution in [2.45, 2.75) is 24.9 Å². The molecule has 0 radical (unpaired) electrons. The van der Waals surface area contributed by atoms with Crippen molar-refractivity contribution in [1.29, 1.82) is 0 Å². The number of hydrogen-bond donors (Lipinski definition) is 0. The van der Waals surface area contributed by atoms with Gasteiger partial charge in [-0.1, -0.05) is 25.2 Å². The van der Waals surface area contributed by atoms with Crippen LogP contribution in [0.1, 0.15) is 18.9 Å². The third-order valence-electron chi connectivity index (χ3n) is 0.982. The monoisotopic (exact) mass is 208 g/mol. The van der Waals surface area contributed by atoms with Crippen molar-refractivity contribution >= 4 is 34.7 Å². The van der Waals surface area contributed by atoms with Crippen molar-refractivity contribution in [2.75, 3.05) is 0 Å². The van der Waals surface area contributed by atoms with Gasteiger partial charge < -0.3 is 0 Å². The molecule has 2 nitrogen and oxygen atoms in total. The van der Waals surface area contributed by atoms with Gasteiger partial charge in [-0.2, -0.15) is 11.8 Å². The molecule has 0 unspecified atom stereocenters. The van der Waals surface area contributed by atoms with E-state index in [4.69, 9.17) is 11.6 Å². The minimum Gasteiger partial charge on any atom is -0.152 e. The minimum absolute atomic E-state index is 0.532. The quantitative estimate of drug-likeness (QED) is 0.764. The molecule has 5 heteroatoms. The van der Waals surface area contributed by atoms with Crippen LogP contribution in [-0.2, 0) is 5.75 Å². The zero-order valence-corrected chi connectivity index (χ0v) is 8.76. The fourth-order valence-corrected chi connectivity index (χ4v) is 2.17. The molecule has 0 aliphatic carbocycles. The van der Waals surface area contributed by atoms with Crippen LogP contribution in [0.3, 0.4) is 0 Å². The maximum absolute atomic E-state index is 5.61. The van der Waals surface area contributed by atoms with Gasteiger partial charge in [-0.05, 0) is 16.9 Å². The third kappa shape index (κ3) is 3.40. The Morgan fingerprint density at radius 3 is 2.73 bits per heavy atom. The van der Waals surface area contributed by atoms with E-state index in [9.17, 15) is 0 Å². The number of hydrogen-bond acceptors (Lipinski definition) is 4. The van der Waals surface area contributed by atoms with Gasteiger partial charge in [0.25, 0.3) is 0 Å². The van der Waals surface area contributed by atoms with Gasteiger partial charge in [-0.15, -0.1) is 10.2 Å². The van der Waals surface area contributed by atoms with Crippen LogP contribution in [0, 0.1) is 0 Å². The van der Waals surface area contributed by atoms with E-state index in [2.05, 4.69) is 24.0 Å². The molecule has 1 aromatic heterocycles. The molecule has 0 atom stereocenters. The van der Waals surface area contributed by atoms with Crippen LogP contribution in [0.15, 0.2) is 0 Å². The molecule has 0 spiro atoms. The predicted molar refractivity (Wildman–Crippen MR) is 51.4 cm³/mol. The van der Waals surface area contributed by atoms with Gasteiger partial charge in [0.05, 0.1) is 0 Å². The normalized spacial score (nSPS) is 10.9. The Morgan fingerprint density at radius 1 is 1.55 bits per heavy atom. The molecule has 0 saturated heterocycles. The molecule has 0 aliphatic heterocycles. The Kier molecular flexibility index (Phi) is 3.62. The lowest BCUT2D eigenvalue weighted by atomic mass is 10.6. The molecule has 0 aliphatic rings. The van der Waals surface area contributed by atoms with Gasteiger partial charge in [-0.25, -0.2) is 0 Å². The highest BCUT2D eigenvalue weighted by Gasteiger charge is 2.02. The largest absolute Gasteiger partial charge is 0.207 e. The molecule has 11 heavy (non-hydrogen) atoms. The molecule has 0 N–H and O–H groups in total. The highest BCUT2D eigenvalue weighted by atomic mass is 35.5. The fourth-order valence-electron chi connectivity index (χ4n) is 0.529. The molecule has 0 aromatic carbocycles. The van der Waals surface area contributed by atoms with E-state index in [1.165, 1.54) is 11.3 Å². The highest BCUT2D eigenvalue weighted by molar-refractivity contribution is 7.99. The first-order valence-corrected chi connectivity index (χ1v) is 5.52. The summed E-state index contributed by atoms with van der Waals surface area (Å²) in [4.78, 5) is 0. The van der Waals surface area contributed by atoms with E-state index >= 15 is 0 Å². The van der Waals surface area contributed by atoms with Crippen molar-refractivity contribution in [3.63, 3.8) is 0 Å². The van der Waals surface area contributed by atoms with Crippen LogP contribution < -0.4 is 0 Å². The van der Waals surface area contributed by atoms with Crippen molar-refractivity contribution in [1.82, 2.24) is 10.2 Å². The maximum atomic E-state index is 5.61. The summed E-state index contributed by atoms with van der Waals surface area (Å²) in [5, 5.41) is 9.26. The Hall–Kier alpha value is 0.200. The van der Waals surface area contributed by atoms with Gasteiger partial charge in [0, 0.05) is 5.75 Å².